The topological polar surface area (TPSA) is 39.4 Å². The summed E-state index contributed by atoms with van der Waals surface area (Å²) < 4.78 is 9.37. The molecular formula is C11H10O3. The third-order valence-electron chi connectivity index (χ3n) is 1.31. The van der Waals surface area contributed by atoms with Crippen molar-refractivity contribution >= 4 is 0 Å². The van der Waals surface area contributed by atoms with E-state index in [-0.39, 0.29) is 5.43 Å². The first-order chi connectivity index (χ1) is 6.79. The molecule has 2 rings (SSSR count). The van der Waals surface area contributed by atoms with Gasteiger partial charge in [0.05, 0.1) is 18.8 Å². The third-order valence-corrected chi connectivity index (χ3v) is 1.31. The fourth-order valence-corrected chi connectivity index (χ4v) is 0.688. The van der Waals surface area contributed by atoms with E-state index in [1.54, 1.807) is 12.3 Å². The van der Waals surface area contributed by atoms with Gasteiger partial charge in [-0.25, -0.2) is 0 Å². The number of hydrogen-bond donors (Lipinski definition) is 0. The van der Waals surface area contributed by atoms with Crippen LogP contribution in [-0.2, 0) is 4.74 Å². The summed E-state index contributed by atoms with van der Waals surface area (Å²) >= 11 is 0. The van der Waals surface area contributed by atoms with Crippen molar-refractivity contribution in [2.24, 2.45) is 0 Å². The second-order valence-corrected chi connectivity index (χ2v) is 2.42. The van der Waals surface area contributed by atoms with Gasteiger partial charge in [0.25, 0.3) is 0 Å². The Kier molecular flexibility index (Phi) is 4.01. The Morgan fingerprint density at radius 1 is 1.14 bits per heavy atom. The van der Waals surface area contributed by atoms with Crippen LogP contribution in [0.2, 0.25) is 0 Å². The van der Waals surface area contributed by atoms with Crippen LogP contribution in [0.4, 0.5) is 0 Å². The van der Waals surface area contributed by atoms with Crippen molar-refractivity contribution < 1.29 is 9.15 Å². The van der Waals surface area contributed by atoms with E-state index in [0.29, 0.717) is 5.76 Å². The molecule has 0 saturated carbocycles. The van der Waals surface area contributed by atoms with E-state index >= 15 is 0 Å². The molecule has 1 aliphatic rings. The summed E-state index contributed by atoms with van der Waals surface area (Å²) in [4.78, 5) is 10.2. The summed E-state index contributed by atoms with van der Waals surface area (Å²) in [7, 11) is 0. The van der Waals surface area contributed by atoms with Crippen molar-refractivity contribution in [3.05, 3.63) is 71.7 Å². The number of ether oxygens (including phenoxy) is 1. The molecule has 0 amide bonds. The molecule has 0 aromatic carbocycles. The van der Waals surface area contributed by atoms with Crippen LogP contribution < -0.4 is 5.43 Å². The fourth-order valence-electron chi connectivity index (χ4n) is 0.688. The zero-order chi connectivity index (χ0) is 10.2. The van der Waals surface area contributed by atoms with Gasteiger partial charge in [-0.3, -0.25) is 4.79 Å². The van der Waals surface area contributed by atoms with Gasteiger partial charge in [0, 0.05) is 12.1 Å². The lowest BCUT2D eigenvalue weighted by molar-refractivity contribution is 0.367. The molecule has 3 heteroatoms. The SMILES string of the molecule is C=C1C=CC=CO1.O=c1ccocc1. The van der Waals surface area contributed by atoms with Gasteiger partial charge < -0.3 is 9.15 Å². The van der Waals surface area contributed by atoms with Gasteiger partial charge in [0.15, 0.2) is 5.43 Å². The fraction of sp³-hybridized carbons (Fsp3) is 0. The van der Waals surface area contributed by atoms with Gasteiger partial charge in [-0.05, 0) is 12.2 Å². The Bertz CT molecular complexity index is 381. The van der Waals surface area contributed by atoms with E-state index in [0.717, 1.165) is 0 Å². The molecular weight excluding hydrogens is 180 g/mol. The van der Waals surface area contributed by atoms with Crippen molar-refractivity contribution in [2.75, 3.05) is 0 Å². The molecule has 0 spiro atoms. The molecule has 0 aliphatic carbocycles. The van der Waals surface area contributed by atoms with Crippen LogP contribution in [0.3, 0.4) is 0 Å². The Morgan fingerprint density at radius 2 is 1.86 bits per heavy atom. The lowest BCUT2D eigenvalue weighted by Crippen LogP contribution is -1.90. The van der Waals surface area contributed by atoms with E-state index in [9.17, 15) is 4.79 Å². The maximum absolute atomic E-state index is 10.2. The monoisotopic (exact) mass is 190 g/mol. The Morgan fingerprint density at radius 3 is 2.14 bits per heavy atom. The van der Waals surface area contributed by atoms with Crippen LogP contribution in [0, 0.1) is 0 Å². The summed E-state index contributed by atoms with van der Waals surface area (Å²) in [5, 5.41) is 0. The molecule has 14 heavy (non-hydrogen) atoms. The molecule has 1 aliphatic heterocycles. The van der Waals surface area contributed by atoms with Crippen molar-refractivity contribution in [2.45, 2.75) is 0 Å². The predicted molar refractivity (Wildman–Crippen MR) is 53.5 cm³/mol. The summed E-state index contributed by atoms with van der Waals surface area (Å²) in [5.41, 5.74) is -0.0220. The number of hydrogen-bond acceptors (Lipinski definition) is 3. The second kappa shape index (κ2) is 5.59. The Balaban J connectivity index is 0.000000140. The highest BCUT2D eigenvalue weighted by atomic mass is 16.5. The number of rotatable bonds is 0. The highest BCUT2D eigenvalue weighted by Crippen LogP contribution is 2.01. The predicted octanol–water partition coefficient (Wildman–Crippen LogP) is 2.24. The first kappa shape index (κ1) is 10.1. The third kappa shape index (κ3) is 4.11. The van der Waals surface area contributed by atoms with Gasteiger partial charge in [-0.15, -0.1) is 0 Å². The van der Waals surface area contributed by atoms with Crippen molar-refractivity contribution in [1.29, 1.82) is 0 Å². The van der Waals surface area contributed by atoms with Gasteiger partial charge in [0.2, 0.25) is 0 Å². The summed E-state index contributed by atoms with van der Waals surface area (Å²) in [5.74, 6) is 0.697. The zero-order valence-electron chi connectivity index (χ0n) is 7.55. The summed E-state index contributed by atoms with van der Waals surface area (Å²) in [6.45, 7) is 3.55. The number of allylic oxidation sites excluding steroid dienone is 3. The molecule has 72 valence electrons. The normalized spacial score (nSPS) is 12.7. The highest BCUT2D eigenvalue weighted by Gasteiger charge is 1.84. The van der Waals surface area contributed by atoms with Crippen LogP contribution >= 0.6 is 0 Å². The molecule has 0 fully saturated rings. The standard InChI is InChI=1S/C6H6O.C5H4O2/c1-6-4-2-3-5-7-6;6-5-1-3-7-4-2-5/h2-5H,1H2;1-4H. The Labute approximate surface area is 81.6 Å². The maximum Gasteiger partial charge on any atom is 0.184 e. The quantitative estimate of drug-likeness (QED) is 0.629. The van der Waals surface area contributed by atoms with E-state index in [2.05, 4.69) is 11.0 Å². The minimum absolute atomic E-state index is 0.0220. The lowest BCUT2D eigenvalue weighted by Gasteiger charge is -1.98. The highest BCUT2D eigenvalue weighted by molar-refractivity contribution is 5.18. The molecule has 0 saturated heterocycles. The molecule has 0 atom stereocenters. The van der Waals surface area contributed by atoms with E-state index in [1.165, 1.54) is 24.7 Å². The molecule has 1 aromatic rings. The van der Waals surface area contributed by atoms with Gasteiger partial charge in [-0.2, -0.15) is 0 Å². The average Bonchev–Trinajstić information content (AvgIpc) is 2.21. The zero-order valence-corrected chi connectivity index (χ0v) is 7.55. The minimum Gasteiger partial charge on any atom is -0.472 e. The van der Waals surface area contributed by atoms with E-state index < -0.39 is 0 Å². The van der Waals surface area contributed by atoms with Crippen molar-refractivity contribution in [1.82, 2.24) is 0 Å². The molecule has 1 aromatic heterocycles. The second-order valence-electron chi connectivity index (χ2n) is 2.42. The van der Waals surface area contributed by atoms with Gasteiger partial charge in [-0.1, -0.05) is 12.7 Å². The molecule has 2 heterocycles. The first-order valence-corrected chi connectivity index (χ1v) is 4.00. The van der Waals surface area contributed by atoms with Crippen LogP contribution in [0.15, 0.2) is 70.7 Å². The minimum atomic E-state index is -0.0220. The first-order valence-electron chi connectivity index (χ1n) is 4.00. The molecule has 0 unspecified atom stereocenters. The smallest absolute Gasteiger partial charge is 0.184 e. The lowest BCUT2D eigenvalue weighted by atomic mass is 10.4. The van der Waals surface area contributed by atoms with Crippen molar-refractivity contribution in [3.63, 3.8) is 0 Å². The molecule has 0 bridgehead atoms. The molecule has 0 radical (unpaired) electrons. The van der Waals surface area contributed by atoms with Crippen LogP contribution in [0.1, 0.15) is 0 Å². The Hall–Kier alpha value is -2.03. The van der Waals surface area contributed by atoms with Crippen LogP contribution in [0.5, 0.6) is 0 Å². The van der Waals surface area contributed by atoms with Crippen molar-refractivity contribution in [3.8, 4) is 0 Å². The molecule has 3 nitrogen and oxygen atoms in total. The van der Waals surface area contributed by atoms with Gasteiger partial charge >= 0.3 is 0 Å². The largest absolute Gasteiger partial charge is 0.472 e. The van der Waals surface area contributed by atoms with Crippen LogP contribution in [-0.4, -0.2) is 0 Å². The summed E-state index contributed by atoms with van der Waals surface area (Å²) in [6, 6.07) is 2.72. The van der Waals surface area contributed by atoms with E-state index in [1.807, 2.05) is 12.2 Å². The van der Waals surface area contributed by atoms with Crippen LogP contribution in [0.25, 0.3) is 0 Å². The van der Waals surface area contributed by atoms with E-state index in [4.69, 9.17) is 4.74 Å². The summed E-state index contributed by atoms with van der Waals surface area (Å²) in [6.07, 6.45) is 9.80. The van der Waals surface area contributed by atoms with Gasteiger partial charge in [0.1, 0.15) is 5.76 Å². The average molecular weight is 190 g/mol. The molecule has 0 N–H and O–H groups in total. The maximum atomic E-state index is 10.2.